The van der Waals surface area contributed by atoms with E-state index in [1.54, 1.807) is 26.0 Å². The Balaban J connectivity index is 1.92. The Hall–Kier alpha value is -2.37. The summed E-state index contributed by atoms with van der Waals surface area (Å²) in [5.74, 6) is -0.503. The molecule has 2 rings (SSSR count). The standard InChI is InChI=1S/C17H23N3O3/c1-12-7-6-8-14(16(12)22)17(23)19-18-13(2)11-15(21)20-9-4-3-5-10-20/h6-8,22H,3-5,9-11H2,1-2H3,(H,19,23)/b18-13+. The van der Waals surface area contributed by atoms with Crippen LogP contribution in [0.25, 0.3) is 0 Å². The molecule has 1 aromatic rings. The van der Waals surface area contributed by atoms with Crippen molar-refractivity contribution in [2.45, 2.75) is 39.5 Å². The summed E-state index contributed by atoms with van der Waals surface area (Å²) < 4.78 is 0. The SMILES string of the molecule is C/C(CC(=O)N1CCCCC1)=N\NC(=O)c1cccc(C)c1O. The molecule has 124 valence electrons. The van der Waals surface area contributed by atoms with Gasteiger partial charge in [-0.2, -0.15) is 5.10 Å². The lowest BCUT2D eigenvalue weighted by Crippen LogP contribution is -2.36. The maximum Gasteiger partial charge on any atom is 0.275 e. The van der Waals surface area contributed by atoms with Crippen molar-refractivity contribution in [1.82, 2.24) is 10.3 Å². The molecule has 1 saturated heterocycles. The van der Waals surface area contributed by atoms with E-state index in [1.165, 1.54) is 12.5 Å². The van der Waals surface area contributed by atoms with Crippen molar-refractivity contribution in [2.24, 2.45) is 5.10 Å². The molecule has 1 fully saturated rings. The smallest absolute Gasteiger partial charge is 0.275 e. The molecule has 0 unspecified atom stereocenters. The van der Waals surface area contributed by atoms with E-state index in [4.69, 9.17) is 0 Å². The third-order valence-corrected chi connectivity index (χ3v) is 3.95. The molecule has 0 aliphatic carbocycles. The lowest BCUT2D eigenvalue weighted by Gasteiger charge is -2.26. The van der Waals surface area contributed by atoms with E-state index in [9.17, 15) is 14.7 Å². The lowest BCUT2D eigenvalue weighted by molar-refractivity contribution is -0.130. The average molecular weight is 317 g/mol. The summed E-state index contributed by atoms with van der Waals surface area (Å²) in [4.78, 5) is 26.0. The molecular weight excluding hydrogens is 294 g/mol. The van der Waals surface area contributed by atoms with Crippen molar-refractivity contribution in [3.8, 4) is 5.75 Å². The Morgan fingerprint density at radius 2 is 1.96 bits per heavy atom. The van der Waals surface area contributed by atoms with Crippen LogP contribution in [0.3, 0.4) is 0 Å². The molecule has 1 aromatic carbocycles. The van der Waals surface area contributed by atoms with Gasteiger partial charge in [0.2, 0.25) is 5.91 Å². The van der Waals surface area contributed by atoms with Crippen molar-refractivity contribution in [1.29, 1.82) is 0 Å². The second-order valence-corrected chi connectivity index (χ2v) is 5.88. The highest BCUT2D eigenvalue weighted by molar-refractivity contribution is 6.01. The number of amides is 2. The minimum absolute atomic E-state index is 0.0404. The summed E-state index contributed by atoms with van der Waals surface area (Å²) in [6, 6.07) is 4.94. The van der Waals surface area contributed by atoms with Crippen LogP contribution in [0, 0.1) is 6.92 Å². The number of carbonyl (C=O) groups is 2. The van der Waals surface area contributed by atoms with E-state index in [1.807, 2.05) is 4.90 Å². The van der Waals surface area contributed by atoms with Gasteiger partial charge in [0.05, 0.1) is 12.0 Å². The molecule has 23 heavy (non-hydrogen) atoms. The van der Waals surface area contributed by atoms with Gasteiger partial charge >= 0.3 is 0 Å². The molecule has 0 aromatic heterocycles. The number of carbonyl (C=O) groups excluding carboxylic acids is 2. The van der Waals surface area contributed by atoms with Gasteiger partial charge in [0.1, 0.15) is 5.75 Å². The van der Waals surface area contributed by atoms with Crippen molar-refractivity contribution >= 4 is 17.5 Å². The summed E-state index contributed by atoms with van der Waals surface area (Å²) in [7, 11) is 0. The van der Waals surface area contributed by atoms with Gasteiger partial charge < -0.3 is 10.0 Å². The van der Waals surface area contributed by atoms with E-state index >= 15 is 0 Å². The van der Waals surface area contributed by atoms with Gasteiger partial charge in [0.25, 0.3) is 5.91 Å². The predicted molar refractivity (Wildman–Crippen MR) is 88.5 cm³/mol. The zero-order chi connectivity index (χ0) is 16.8. The number of nitrogens with one attached hydrogen (secondary N) is 1. The van der Waals surface area contributed by atoms with Crippen LogP contribution in [0.15, 0.2) is 23.3 Å². The van der Waals surface area contributed by atoms with Gasteiger partial charge in [-0.3, -0.25) is 9.59 Å². The molecule has 0 radical (unpaired) electrons. The molecular formula is C17H23N3O3. The number of piperidine rings is 1. The largest absolute Gasteiger partial charge is 0.507 e. The first-order valence-electron chi connectivity index (χ1n) is 7.89. The fourth-order valence-electron chi connectivity index (χ4n) is 2.56. The van der Waals surface area contributed by atoms with E-state index in [-0.39, 0.29) is 23.6 Å². The number of benzene rings is 1. The summed E-state index contributed by atoms with van der Waals surface area (Å²) in [6.45, 7) is 5.03. The fourth-order valence-corrected chi connectivity index (χ4v) is 2.56. The minimum Gasteiger partial charge on any atom is -0.507 e. The van der Waals surface area contributed by atoms with Gasteiger partial charge in [-0.05, 0) is 44.7 Å². The van der Waals surface area contributed by atoms with Gasteiger partial charge in [-0.1, -0.05) is 12.1 Å². The van der Waals surface area contributed by atoms with Crippen molar-refractivity contribution < 1.29 is 14.7 Å². The zero-order valence-corrected chi connectivity index (χ0v) is 13.6. The number of hydrogen-bond donors (Lipinski definition) is 2. The Kier molecular flexibility index (Phi) is 5.73. The summed E-state index contributed by atoms with van der Waals surface area (Å²) in [6.07, 6.45) is 3.46. The summed E-state index contributed by atoms with van der Waals surface area (Å²) >= 11 is 0. The Labute approximate surface area is 136 Å². The highest BCUT2D eigenvalue weighted by Crippen LogP contribution is 2.21. The van der Waals surface area contributed by atoms with Crippen LogP contribution in [-0.4, -0.2) is 40.6 Å². The van der Waals surface area contributed by atoms with Crippen LogP contribution in [0.5, 0.6) is 5.75 Å². The number of aromatic hydroxyl groups is 1. The van der Waals surface area contributed by atoms with Crippen LogP contribution in [0.1, 0.15) is 48.5 Å². The molecule has 1 heterocycles. The zero-order valence-electron chi connectivity index (χ0n) is 13.6. The first-order chi connectivity index (χ1) is 11.0. The number of aryl methyl sites for hydroxylation is 1. The monoisotopic (exact) mass is 317 g/mol. The van der Waals surface area contributed by atoms with Crippen LogP contribution < -0.4 is 5.43 Å². The Bertz CT molecular complexity index is 620. The molecule has 2 amide bonds. The van der Waals surface area contributed by atoms with Crippen molar-refractivity contribution in [3.05, 3.63) is 29.3 Å². The van der Waals surface area contributed by atoms with Gasteiger partial charge in [-0.25, -0.2) is 5.43 Å². The van der Waals surface area contributed by atoms with Gasteiger partial charge in [0.15, 0.2) is 0 Å². The van der Waals surface area contributed by atoms with E-state index in [0.29, 0.717) is 11.3 Å². The third-order valence-electron chi connectivity index (χ3n) is 3.95. The second kappa shape index (κ2) is 7.76. The van der Waals surface area contributed by atoms with Crippen molar-refractivity contribution in [2.75, 3.05) is 13.1 Å². The summed E-state index contributed by atoms with van der Waals surface area (Å²) in [5.41, 5.74) is 3.73. The third kappa shape index (κ3) is 4.55. The molecule has 6 heteroatoms. The molecule has 1 aliphatic heterocycles. The van der Waals surface area contributed by atoms with Crippen LogP contribution in [-0.2, 0) is 4.79 Å². The molecule has 0 saturated carbocycles. The lowest BCUT2D eigenvalue weighted by atomic mass is 10.1. The minimum atomic E-state index is -0.490. The molecule has 6 nitrogen and oxygen atoms in total. The van der Waals surface area contributed by atoms with E-state index in [0.717, 1.165) is 25.9 Å². The molecule has 1 aliphatic rings. The highest BCUT2D eigenvalue weighted by atomic mass is 16.3. The Morgan fingerprint density at radius 1 is 1.26 bits per heavy atom. The normalized spacial score (nSPS) is 15.4. The van der Waals surface area contributed by atoms with Crippen molar-refractivity contribution in [3.63, 3.8) is 0 Å². The summed E-state index contributed by atoms with van der Waals surface area (Å²) in [5, 5.41) is 13.8. The maximum atomic E-state index is 12.1. The number of nitrogens with zero attached hydrogens (tertiary/aromatic N) is 2. The number of phenolic OH excluding ortho intramolecular Hbond substituents is 1. The maximum absolute atomic E-state index is 12.1. The number of phenols is 1. The van der Waals surface area contributed by atoms with Crippen LogP contribution >= 0.6 is 0 Å². The van der Waals surface area contributed by atoms with E-state index < -0.39 is 5.91 Å². The van der Waals surface area contributed by atoms with Gasteiger partial charge in [-0.15, -0.1) is 0 Å². The molecule has 0 atom stereocenters. The van der Waals surface area contributed by atoms with Crippen LogP contribution in [0.4, 0.5) is 0 Å². The van der Waals surface area contributed by atoms with Crippen LogP contribution in [0.2, 0.25) is 0 Å². The fraction of sp³-hybridized carbons (Fsp3) is 0.471. The molecule has 0 spiro atoms. The highest BCUT2D eigenvalue weighted by Gasteiger charge is 2.17. The molecule has 2 N–H and O–H groups in total. The molecule has 0 bridgehead atoms. The topological polar surface area (TPSA) is 82.0 Å². The second-order valence-electron chi connectivity index (χ2n) is 5.88. The van der Waals surface area contributed by atoms with Gasteiger partial charge in [0, 0.05) is 18.8 Å². The quantitative estimate of drug-likeness (QED) is 0.660. The average Bonchev–Trinajstić information content (AvgIpc) is 2.56. The Morgan fingerprint density at radius 3 is 2.65 bits per heavy atom. The first-order valence-corrected chi connectivity index (χ1v) is 7.89. The number of rotatable bonds is 4. The number of likely N-dealkylation sites (tertiary alicyclic amines) is 1. The predicted octanol–water partition coefficient (Wildman–Crippen LogP) is 2.21. The first kappa shape index (κ1) is 17.0. The number of hydrogen-bond acceptors (Lipinski definition) is 4. The number of hydrazone groups is 1. The number of para-hydroxylation sites is 1. The van der Waals surface area contributed by atoms with E-state index in [2.05, 4.69) is 10.5 Å².